The molecule has 6 nitrogen and oxygen atoms in total. The van der Waals surface area contributed by atoms with Gasteiger partial charge < -0.3 is 15.5 Å². The minimum atomic E-state index is -0.178. The normalized spacial score (nSPS) is 11.6. The number of aryl methyl sites for hydroxylation is 2. The van der Waals surface area contributed by atoms with E-state index in [0.29, 0.717) is 19.3 Å². The molecule has 0 aliphatic heterocycles. The zero-order chi connectivity index (χ0) is 19.8. The highest BCUT2D eigenvalue weighted by Crippen LogP contribution is 2.18. The first kappa shape index (κ1) is 20.4. The Labute approximate surface area is 161 Å². The lowest BCUT2D eigenvalue weighted by atomic mass is 10.1. The molecule has 144 valence electrons. The van der Waals surface area contributed by atoms with Gasteiger partial charge in [-0.2, -0.15) is 0 Å². The van der Waals surface area contributed by atoms with Gasteiger partial charge in [-0.3, -0.25) is 9.78 Å². The largest absolute Gasteiger partial charge is 0.359 e. The first-order chi connectivity index (χ1) is 12.9. The third kappa shape index (κ3) is 6.09. The van der Waals surface area contributed by atoms with Crippen molar-refractivity contribution in [1.82, 2.24) is 15.2 Å². The Balaban J connectivity index is 2.00. The smallest absolute Gasteiger partial charge is 0.321 e. The van der Waals surface area contributed by atoms with Crippen molar-refractivity contribution in [1.29, 1.82) is 0 Å². The fourth-order valence-corrected chi connectivity index (χ4v) is 2.79. The highest BCUT2D eigenvalue weighted by Gasteiger charge is 2.18. The van der Waals surface area contributed by atoms with E-state index in [1.165, 1.54) is 0 Å². The SMILES string of the molecule is CNC(=O)CCc1ccccc1NC(=O)N(C)[C@@H](C)Cc1cc(C)ccn1. The molecule has 0 spiro atoms. The van der Waals surface area contributed by atoms with Gasteiger partial charge in [0.2, 0.25) is 5.91 Å². The topological polar surface area (TPSA) is 74.3 Å². The molecule has 2 rings (SSSR count). The number of rotatable bonds is 7. The molecular formula is C21H28N4O2. The van der Waals surface area contributed by atoms with E-state index in [1.54, 1.807) is 25.2 Å². The summed E-state index contributed by atoms with van der Waals surface area (Å²) in [6.07, 6.45) is 3.43. The molecule has 0 bridgehead atoms. The van der Waals surface area contributed by atoms with E-state index >= 15 is 0 Å². The minimum Gasteiger partial charge on any atom is -0.359 e. The van der Waals surface area contributed by atoms with Crippen molar-refractivity contribution < 1.29 is 9.59 Å². The summed E-state index contributed by atoms with van der Waals surface area (Å²) in [7, 11) is 3.40. The number of amides is 3. The second kappa shape index (κ2) is 9.71. The molecule has 0 aliphatic carbocycles. The zero-order valence-corrected chi connectivity index (χ0v) is 16.5. The van der Waals surface area contributed by atoms with Crippen LogP contribution in [-0.4, -0.2) is 42.0 Å². The van der Waals surface area contributed by atoms with E-state index in [0.717, 1.165) is 22.5 Å². The number of anilines is 1. The Kier molecular flexibility index (Phi) is 7.34. The molecule has 3 amide bonds. The summed E-state index contributed by atoms with van der Waals surface area (Å²) in [5.41, 5.74) is 3.80. The lowest BCUT2D eigenvalue weighted by Crippen LogP contribution is -2.39. The Morgan fingerprint density at radius 3 is 2.67 bits per heavy atom. The van der Waals surface area contributed by atoms with E-state index in [1.807, 2.05) is 50.2 Å². The summed E-state index contributed by atoms with van der Waals surface area (Å²) >= 11 is 0. The Morgan fingerprint density at radius 1 is 1.22 bits per heavy atom. The van der Waals surface area contributed by atoms with Crippen LogP contribution in [0.3, 0.4) is 0 Å². The predicted molar refractivity (Wildman–Crippen MR) is 108 cm³/mol. The van der Waals surface area contributed by atoms with Crippen molar-refractivity contribution in [3.8, 4) is 0 Å². The lowest BCUT2D eigenvalue weighted by Gasteiger charge is -2.25. The van der Waals surface area contributed by atoms with Gasteiger partial charge in [0, 0.05) is 50.6 Å². The number of carbonyl (C=O) groups is 2. The van der Waals surface area contributed by atoms with E-state index in [4.69, 9.17) is 0 Å². The van der Waals surface area contributed by atoms with Gasteiger partial charge in [0.05, 0.1) is 0 Å². The van der Waals surface area contributed by atoms with Crippen molar-refractivity contribution in [2.45, 2.75) is 39.2 Å². The van der Waals surface area contributed by atoms with Crippen LogP contribution in [0.1, 0.15) is 30.2 Å². The summed E-state index contributed by atoms with van der Waals surface area (Å²) in [6, 6.07) is 11.4. The van der Waals surface area contributed by atoms with Crippen LogP contribution in [0.25, 0.3) is 0 Å². The van der Waals surface area contributed by atoms with Gasteiger partial charge >= 0.3 is 6.03 Å². The molecule has 6 heteroatoms. The van der Waals surface area contributed by atoms with E-state index < -0.39 is 0 Å². The van der Waals surface area contributed by atoms with Crippen LogP contribution in [-0.2, 0) is 17.6 Å². The van der Waals surface area contributed by atoms with Crippen molar-refractivity contribution in [2.75, 3.05) is 19.4 Å². The maximum atomic E-state index is 12.7. The summed E-state index contributed by atoms with van der Waals surface area (Å²) in [5.74, 6) is -0.0208. The molecule has 0 unspecified atom stereocenters. The fourth-order valence-electron chi connectivity index (χ4n) is 2.79. The molecule has 2 aromatic rings. The molecule has 0 fully saturated rings. The highest BCUT2D eigenvalue weighted by molar-refractivity contribution is 5.90. The number of benzene rings is 1. The number of urea groups is 1. The lowest BCUT2D eigenvalue weighted by molar-refractivity contribution is -0.120. The number of nitrogens with one attached hydrogen (secondary N) is 2. The fraction of sp³-hybridized carbons (Fsp3) is 0.381. The van der Waals surface area contributed by atoms with Crippen LogP contribution in [0.2, 0.25) is 0 Å². The van der Waals surface area contributed by atoms with Crippen LogP contribution in [0.4, 0.5) is 10.5 Å². The second-order valence-corrected chi connectivity index (χ2v) is 6.75. The first-order valence-corrected chi connectivity index (χ1v) is 9.14. The van der Waals surface area contributed by atoms with Gasteiger partial charge in [-0.15, -0.1) is 0 Å². The number of nitrogens with zero attached hydrogens (tertiary/aromatic N) is 2. The van der Waals surface area contributed by atoms with Gasteiger partial charge in [0.15, 0.2) is 0 Å². The van der Waals surface area contributed by atoms with Crippen LogP contribution in [0.15, 0.2) is 42.6 Å². The number of pyridine rings is 1. The maximum Gasteiger partial charge on any atom is 0.321 e. The summed E-state index contributed by atoms with van der Waals surface area (Å²) < 4.78 is 0. The van der Waals surface area contributed by atoms with E-state index in [9.17, 15) is 9.59 Å². The second-order valence-electron chi connectivity index (χ2n) is 6.75. The quantitative estimate of drug-likeness (QED) is 0.788. The molecule has 1 heterocycles. The highest BCUT2D eigenvalue weighted by atomic mass is 16.2. The maximum absolute atomic E-state index is 12.7. The standard InChI is InChI=1S/C21H28N4O2/c1-15-11-12-23-18(13-15)14-16(2)25(4)21(27)24-19-8-6-5-7-17(19)9-10-20(26)22-3/h5-8,11-13,16H,9-10,14H2,1-4H3,(H,22,26)(H,24,27)/t16-/m0/s1. The molecule has 27 heavy (non-hydrogen) atoms. The van der Waals surface area contributed by atoms with Crippen molar-refractivity contribution in [3.05, 3.63) is 59.4 Å². The zero-order valence-electron chi connectivity index (χ0n) is 16.5. The van der Waals surface area contributed by atoms with Crippen molar-refractivity contribution in [3.63, 3.8) is 0 Å². The average molecular weight is 368 g/mol. The number of hydrogen-bond acceptors (Lipinski definition) is 3. The summed E-state index contributed by atoms with van der Waals surface area (Å²) in [4.78, 5) is 30.2. The van der Waals surface area contributed by atoms with Gasteiger partial charge in [-0.1, -0.05) is 18.2 Å². The Bertz CT molecular complexity index is 791. The average Bonchev–Trinajstić information content (AvgIpc) is 2.66. The van der Waals surface area contributed by atoms with Crippen molar-refractivity contribution >= 4 is 17.6 Å². The molecular weight excluding hydrogens is 340 g/mol. The third-order valence-corrected chi connectivity index (χ3v) is 4.62. The molecule has 0 radical (unpaired) electrons. The number of hydrogen-bond donors (Lipinski definition) is 2. The molecule has 0 saturated carbocycles. The van der Waals surface area contributed by atoms with Gasteiger partial charge in [0.1, 0.15) is 0 Å². The predicted octanol–water partition coefficient (Wildman–Crippen LogP) is 3.16. The number of aromatic nitrogens is 1. The Hall–Kier alpha value is -2.89. The molecule has 0 aliphatic rings. The first-order valence-electron chi connectivity index (χ1n) is 9.14. The minimum absolute atomic E-state index is 0.00247. The van der Waals surface area contributed by atoms with E-state index in [-0.39, 0.29) is 18.0 Å². The van der Waals surface area contributed by atoms with Gasteiger partial charge in [-0.05, 0) is 49.6 Å². The van der Waals surface area contributed by atoms with Crippen LogP contribution in [0, 0.1) is 6.92 Å². The van der Waals surface area contributed by atoms with Crippen molar-refractivity contribution in [2.24, 2.45) is 0 Å². The number of likely N-dealkylation sites (N-methyl/N-ethyl adjacent to an activating group) is 1. The van der Waals surface area contributed by atoms with Crippen LogP contribution in [0.5, 0.6) is 0 Å². The summed E-state index contributed by atoms with van der Waals surface area (Å²) in [6.45, 7) is 4.03. The van der Waals surface area contributed by atoms with Crippen LogP contribution < -0.4 is 10.6 Å². The summed E-state index contributed by atoms with van der Waals surface area (Å²) in [5, 5.41) is 5.58. The number of para-hydroxylation sites is 1. The molecule has 1 atom stereocenters. The molecule has 1 aromatic carbocycles. The molecule has 0 saturated heterocycles. The third-order valence-electron chi connectivity index (χ3n) is 4.62. The monoisotopic (exact) mass is 368 g/mol. The van der Waals surface area contributed by atoms with Gasteiger partial charge in [-0.25, -0.2) is 4.79 Å². The molecule has 1 aromatic heterocycles. The molecule has 2 N–H and O–H groups in total. The number of carbonyl (C=O) groups excluding carboxylic acids is 2. The van der Waals surface area contributed by atoms with E-state index in [2.05, 4.69) is 15.6 Å². The van der Waals surface area contributed by atoms with Crippen LogP contribution >= 0.6 is 0 Å². The Morgan fingerprint density at radius 2 is 1.96 bits per heavy atom. The van der Waals surface area contributed by atoms with Gasteiger partial charge in [0.25, 0.3) is 0 Å².